The van der Waals surface area contributed by atoms with E-state index in [2.05, 4.69) is 14.8 Å². The molecule has 1 aliphatic heterocycles. The minimum Gasteiger partial charge on any atom is -0.343 e. The molecule has 0 radical (unpaired) electrons. The zero-order valence-corrected chi connectivity index (χ0v) is 20.4. The number of rotatable bonds is 5. The number of piperidine rings is 1. The number of aromatic amines is 1. The summed E-state index contributed by atoms with van der Waals surface area (Å²) in [5, 5.41) is 4.61. The normalized spacial score (nSPS) is 18.9. The van der Waals surface area contributed by atoms with Crippen LogP contribution in [0.1, 0.15) is 76.9 Å². The molecular formula is C24H29N5O4S. The summed E-state index contributed by atoms with van der Waals surface area (Å²) in [5.74, 6) is 0.156. The molecule has 3 aromatic rings. The first kappa shape index (κ1) is 22.6. The molecule has 0 unspecified atom stereocenters. The van der Waals surface area contributed by atoms with E-state index in [9.17, 15) is 18.0 Å². The summed E-state index contributed by atoms with van der Waals surface area (Å²) < 4.78 is 27.6. The number of aromatic nitrogens is 3. The van der Waals surface area contributed by atoms with Gasteiger partial charge in [-0.3, -0.25) is 14.3 Å². The van der Waals surface area contributed by atoms with Crippen molar-refractivity contribution in [3.63, 3.8) is 0 Å². The van der Waals surface area contributed by atoms with Crippen LogP contribution in [0.15, 0.2) is 29.1 Å². The average Bonchev–Trinajstić information content (AvgIpc) is 3.54. The number of sulfonamides is 1. The van der Waals surface area contributed by atoms with Crippen LogP contribution in [0.4, 0.5) is 5.69 Å². The van der Waals surface area contributed by atoms with Gasteiger partial charge in [-0.15, -0.1) is 0 Å². The molecule has 0 spiro atoms. The van der Waals surface area contributed by atoms with Crippen LogP contribution in [0.5, 0.6) is 0 Å². The quantitative estimate of drug-likeness (QED) is 0.578. The monoisotopic (exact) mass is 483 g/mol. The fraction of sp³-hybridized carbons (Fsp3) is 0.458. The largest absolute Gasteiger partial charge is 0.343 e. The third kappa shape index (κ3) is 4.22. The van der Waals surface area contributed by atoms with Crippen molar-refractivity contribution in [2.45, 2.75) is 57.9 Å². The summed E-state index contributed by atoms with van der Waals surface area (Å²) in [6.45, 7) is 4.23. The fourth-order valence-electron chi connectivity index (χ4n) is 4.85. The molecule has 9 nitrogen and oxygen atoms in total. The van der Waals surface area contributed by atoms with E-state index in [4.69, 9.17) is 0 Å². The smallest absolute Gasteiger partial charge is 0.277 e. The number of hydrogen-bond donors (Lipinski definition) is 2. The first-order chi connectivity index (χ1) is 16.1. The van der Waals surface area contributed by atoms with Crippen molar-refractivity contribution in [3.8, 4) is 0 Å². The predicted molar refractivity (Wildman–Crippen MR) is 130 cm³/mol. The van der Waals surface area contributed by atoms with E-state index >= 15 is 0 Å². The Bertz CT molecular complexity index is 1450. The standard InChI is InChI=1S/C24H29N5O4S/c1-14-7-10-18(27-34(3,32)33)17(12-14)24(31)28-11-5-4-6-20(28)19-13-21-25-22(16-8-9-16)15(2)23(30)29(21)26-19/h7,10,12-13,16,20,25,27H,4-6,8-9,11H2,1-3H3/t20-/m0/s1. The van der Waals surface area contributed by atoms with Crippen LogP contribution in [0.2, 0.25) is 0 Å². The van der Waals surface area contributed by atoms with Gasteiger partial charge in [0, 0.05) is 23.9 Å². The van der Waals surface area contributed by atoms with Crippen LogP contribution in [0.25, 0.3) is 5.65 Å². The molecule has 1 aliphatic carbocycles. The molecule has 180 valence electrons. The highest BCUT2D eigenvalue weighted by Gasteiger charge is 2.33. The minimum absolute atomic E-state index is 0.131. The second-order valence-electron chi connectivity index (χ2n) is 9.54. The lowest BCUT2D eigenvalue weighted by Crippen LogP contribution is -2.39. The van der Waals surface area contributed by atoms with E-state index in [0.717, 1.165) is 49.6 Å². The number of nitrogens with one attached hydrogen (secondary N) is 2. The maximum Gasteiger partial charge on any atom is 0.277 e. The fourth-order valence-corrected chi connectivity index (χ4v) is 5.43. The molecule has 10 heteroatoms. The van der Waals surface area contributed by atoms with Crippen molar-refractivity contribution in [1.82, 2.24) is 19.5 Å². The van der Waals surface area contributed by atoms with Gasteiger partial charge in [0.2, 0.25) is 10.0 Å². The van der Waals surface area contributed by atoms with Gasteiger partial charge in [-0.2, -0.15) is 9.61 Å². The maximum atomic E-state index is 13.7. The Morgan fingerprint density at radius 2 is 1.91 bits per heavy atom. The van der Waals surface area contributed by atoms with Crippen molar-refractivity contribution in [2.24, 2.45) is 0 Å². The van der Waals surface area contributed by atoms with Gasteiger partial charge in [-0.05, 0) is 64.0 Å². The van der Waals surface area contributed by atoms with Crippen LogP contribution in [0, 0.1) is 13.8 Å². The van der Waals surface area contributed by atoms with Crippen molar-refractivity contribution >= 4 is 27.3 Å². The van der Waals surface area contributed by atoms with Gasteiger partial charge < -0.3 is 9.88 Å². The van der Waals surface area contributed by atoms with Crippen LogP contribution in [0.3, 0.4) is 0 Å². The van der Waals surface area contributed by atoms with Crippen LogP contribution in [-0.2, 0) is 10.0 Å². The summed E-state index contributed by atoms with van der Waals surface area (Å²) in [7, 11) is -3.55. The van der Waals surface area contributed by atoms with Gasteiger partial charge in [-0.25, -0.2) is 8.42 Å². The predicted octanol–water partition coefficient (Wildman–Crippen LogP) is 3.26. The number of carbonyl (C=O) groups is 1. The molecule has 1 aromatic carbocycles. The molecule has 2 aromatic heterocycles. The Morgan fingerprint density at radius 3 is 2.62 bits per heavy atom. The number of nitrogens with zero attached hydrogens (tertiary/aromatic N) is 3. The van der Waals surface area contributed by atoms with E-state index in [1.807, 2.05) is 19.9 Å². The van der Waals surface area contributed by atoms with Gasteiger partial charge in [0.15, 0.2) is 0 Å². The Morgan fingerprint density at radius 1 is 1.15 bits per heavy atom. The Balaban J connectivity index is 1.54. The van der Waals surface area contributed by atoms with Crippen molar-refractivity contribution < 1.29 is 13.2 Å². The molecular weight excluding hydrogens is 454 g/mol. The second-order valence-corrected chi connectivity index (χ2v) is 11.3. The lowest BCUT2D eigenvalue weighted by atomic mass is 9.97. The summed E-state index contributed by atoms with van der Waals surface area (Å²) in [6.07, 6.45) is 5.73. The second kappa shape index (κ2) is 8.26. The Hall–Kier alpha value is -3.14. The third-order valence-electron chi connectivity index (χ3n) is 6.70. The van der Waals surface area contributed by atoms with Gasteiger partial charge in [0.1, 0.15) is 5.65 Å². The molecule has 2 N–H and O–H groups in total. The van der Waals surface area contributed by atoms with E-state index in [-0.39, 0.29) is 23.2 Å². The van der Waals surface area contributed by atoms with Crippen molar-refractivity contribution in [2.75, 3.05) is 17.5 Å². The first-order valence-electron chi connectivity index (χ1n) is 11.6. The number of aryl methyl sites for hydroxylation is 1. The van der Waals surface area contributed by atoms with Gasteiger partial charge in [0.05, 0.1) is 29.2 Å². The number of amides is 1. The highest BCUT2D eigenvalue weighted by Crippen LogP contribution is 2.40. The van der Waals surface area contributed by atoms with Crippen LogP contribution < -0.4 is 10.3 Å². The SMILES string of the molecule is Cc1ccc(NS(C)(=O)=O)c(C(=O)N2CCCC[C@H]2c2cc3[nH]c(C4CC4)c(C)c(=O)n3n2)c1. The Kier molecular flexibility index (Phi) is 5.50. The van der Waals surface area contributed by atoms with E-state index in [0.29, 0.717) is 34.9 Å². The molecule has 1 saturated carbocycles. The minimum atomic E-state index is -3.55. The lowest BCUT2D eigenvalue weighted by molar-refractivity contribution is 0.0606. The molecule has 3 heterocycles. The highest BCUT2D eigenvalue weighted by atomic mass is 32.2. The van der Waals surface area contributed by atoms with Gasteiger partial charge >= 0.3 is 0 Å². The average molecular weight is 484 g/mol. The molecule has 1 saturated heterocycles. The maximum absolute atomic E-state index is 13.7. The van der Waals surface area contributed by atoms with E-state index in [1.54, 1.807) is 23.1 Å². The van der Waals surface area contributed by atoms with E-state index < -0.39 is 10.0 Å². The molecule has 1 amide bonds. The lowest BCUT2D eigenvalue weighted by Gasteiger charge is -2.35. The summed E-state index contributed by atoms with van der Waals surface area (Å²) in [4.78, 5) is 31.8. The van der Waals surface area contributed by atoms with Crippen molar-refractivity contribution in [3.05, 3.63) is 62.7 Å². The number of anilines is 1. The molecule has 1 atom stereocenters. The van der Waals surface area contributed by atoms with E-state index in [1.165, 1.54) is 4.52 Å². The number of fused-ring (bicyclic) bond motifs is 1. The molecule has 0 bridgehead atoms. The van der Waals surface area contributed by atoms with Gasteiger partial charge in [-0.1, -0.05) is 11.6 Å². The first-order valence-corrected chi connectivity index (χ1v) is 13.5. The molecule has 2 fully saturated rings. The molecule has 2 aliphatic rings. The summed E-state index contributed by atoms with van der Waals surface area (Å²) >= 11 is 0. The van der Waals surface area contributed by atoms with Crippen LogP contribution >= 0.6 is 0 Å². The zero-order valence-electron chi connectivity index (χ0n) is 19.6. The zero-order chi connectivity index (χ0) is 24.2. The molecule has 34 heavy (non-hydrogen) atoms. The van der Waals surface area contributed by atoms with Gasteiger partial charge in [0.25, 0.3) is 11.5 Å². The number of H-pyrrole nitrogens is 1. The third-order valence-corrected chi connectivity index (χ3v) is 7.29. The van der Waals surface area contributed by atoms with Crippen molar-refractivity contribution in [1.29, 1.82) is 0 Å². The number of carbonyl (C=O) groups excluding carboxylic acids is 1. The molecule has 5 rings (SSSR count). The number of hydrogen-bond acceptors (Lipinski definition) is 5. The summed E-state index contributed by atoms with van der Waals surface area (Å²) in [5.41, 5.74) is 4.28. The Labute approximate surface area is 198 Å². The van der Waals surface area contributed by atoms with Crippen LogP contribution in [-0.4, -0.2) is 46.6 Å². The number of benzene rings is 1. The topological polar surface area (TPSA) is 117 Å². The number of likely N-dealkylation sites (tertiary alicyclic amines) is 1. The summed E-state index contributed by atoms with van der Waals surface area (Å²) in [6, 6.07) is 6.67. The highest BCUT2D eigenvalue weighted by molar-refractivity contribution is 7.92.